The minimum Gasteiger partial charge on any atom is -0.324 e. The van der Waals surface area contributed by atoms with Gasteiger partial charge in [-0.3, -0.25) is 0 Å². The summed E-state index contributed by atoms with van der Waals surface area (Å²) in [5, 5.41) is 0. The zero-order valence-electron chi connectivity index (χ0n) is 11.4. The summed E-state index contributed by atoms with van der Waals surface area (Å²) in [7, 11) is 0. The van der Waals surface area contributed by atoms with E-state index in [4.69, 9.17) is 5.73 Å². The largest absolute Gasteiger partial charge is 0.324 e. The van der Waals surface area contributed by atoms with E-state index in [1.54, 1.807) is 0 Å². The lowest BCUT2D eigenvalue weighted by Gasteiger charge is -2.14. The maximum Gasteiger partial charge on any atom is 0.0335 e. The van der Waals surface area contributed by atoms with Crippen LogP contribution in [0, 0.1) is 0 Å². The Morgan fingerprint density at radius 2 is 1.63 bits per heavy atom. The Labute approximate surface area is 124 Å². The van der Waals surface area contributed by atoms with Gasteiger partial charge in [-0.15, -0.1) is 0 Å². The number of hydrogen-bond donors (Lipinski definition) is 1. The van der Waals surface area contributed by atoms with E-state index in [0.717, 1.165) is 10.9 Å². The Bertz CT molecular complexity index is 531. The third-order valence-electron chi connectivity index (χ3n) is 3.38. The van der Waals surface area contributed by atoms with Crippen molar-refractivity contribution in [1.82, 2.24) is 0 Å². The number of halogens is 1. The lowest BCUT2D eigenvalue weighted by molar-refractivity contribution is 0.720. The van der Waals surface area contributed by atoms with E-state index in [0.29, 0.717) is 5.92 Å². The van der Waals surface area contributed by atoms with Crippen molar-refractivity contribution >= 4 is 15.9 Å². The maximum atomic E-state index is 6.29. The number of hydrogen-bond acceptors (Lipinski definition) is 1. The molecule has 0 saturated heterocycles. The highest BCUT2D eigenvalue weighted by Crippen LogP contribution is 2.21. The van der Waals surface area contributed by atoms with Crippen molar-refractivity contribution in [3.63, 3.8) is 0 Å². The van der Waals surface area contributed by atoms with Crippen LogP contribution in [0.2, 0.25) is 0 Å². The number of nitrogens with two attached hydrogens (primary N) is 1. The first kappa shape index (κ1) is 14.3. The van der Waals surface area contributed by atoms with E-state index < -0.39 is 0 Å². The molecule has 2 aromatic carbocycles. The van der Waals surface area contributed by atoms with Crippen LogP contribution in [0.25, 0.3) is 0 Å². The van der Waals surface area contributed by atoms with E-state index in [1.807, 2.05) is 12.1 Å². The smallest absolute Gasteiger partial charge is 0.0335 e. The van der Waals surface area contributed by atoms with Crippen LogP contribution < -0.4 is 5.73 Å². The van der Waals surface area contributed by atoms with Gasteiger partial charge in [-0.2, -0.15) is 0 Å². The number of rotatable bonds is 4. The Kier molecular flexibility index (Phi) is 4.78. The normalized spacial score (nSPS) is 12.7. The lowest BCUT2D eigenvalue weighted by atomic mass is 9.96. The highest BCUT2D eigenvalue weighted by Gasteiger charge is 2.08. The van der Waals surface area contributed by atoms with Crippen molar-refractivity contribution in [2.75, 3.05) is 0 Å². The summed E-state index contributed by atoms with van der Waals surface area (Å²) in [6.45, 7) is 4.41. The van der Waals surface area contributed by atoms with E-state index >= 15 is 0 Å². The molecule has 2 rings (SSSR count). The van der Waals surface area contributed by atoms with E-state index in [1.165, 1.54) is 16.7 Å². The Hall–Kier alpha value is -1.12. The first-order valence-electron chi connectivity index (χ1n) is 6.66. The molecular formula is C17H20BrN. The third-order valence-corrected chi connectivity index (χ3v) is 3.87. The van der Waals surface area contributed by atoms with Crippen LogP contribution in [0.1, 0.15) is 42.5 Å². The minimum absolute atomic E-state index is 0.0514. The van der Waals surface area contributed by atoms with Crippen LogP contribution in [0.4, 0.5) is 0 Å². The summed E-state index contributed by atoms with van der Waals surface area (Å²) in [6, 6.07) is 17.0. The Morgan fingerprint density at radius 1 is 1.00 bits per heavy atom. The van der Waals surface area contributed by atoms with Crippen LogP contribution in [0.15, 0.2) is 53.0 Å². The van der Waals surface area contributed by atoms with Gasteiger partial charge in [0, 0.05) is 10.5 Å². The average molecular weight is 318 g/mol. The summed E-state index contributed by atoms with van der Waals surface area (Å²) >= 11 is 3.49. The summed E-state index contributed by atoms with van der Waals surface area (Å²) in [5.41, 5.74) is 10.1. The van der Waals surface area contributed by atoms with Crippen molar-refractivity contribution in [2.45, 2.75) is 32.2 Å². The molecule has 0 fully saturated rings. The monoisotopic (exact) mass is 317 g/mol. The molecule has 0 spiro atoms. The van der Waals surface area contributed by atoms with Gasteiger partial charge in [0.05, 0.1) is 0 Å². The van der Waals surface area contributed by atoms with Crippen LogP contribution >= 0.6 is 15.9 Å². The van der Waals surface area contributed by atoms with Crippen molar-refractivity contribution in [2.24, 2.45) is 5.73 Å². The molecule has 2 N–H and O–H groups in total. The molecule has 1 unspecified atom stereocenters. The molecule has 2 heteroatoms. The predicted molar refractivity (Wildman–Crippen MR) is 85.3 cm³/mol. The van der Waals surface area contributed by atoms with Gasteiger partial charge >= 0.3 is 0 Å². The average Bonchev–Trinajstić information content (AvgIpc) is 2.39. The van der Waals surface area contributed by atoms with Gasteiger partial charge in [0.15, 0.2) is 0 Å². The molecule has 0 saturated carbocycles. The molecule has 2 aromatic rings. The first-order valence-corrected chi connectivity index (χ1v) is 7.45. The van der Waals surface area contributed by atoms with Crippen molar-refractivity contribution < 1.29 is 0 Å². The topological polar surface area (TPSA) is 26.0 Å². The van der Waals surface area contributed by atoms with Gasteiger partial charge < -0.3 is 5.73 Å². The number of benzene rings is 2. The van der Waals surface area contributed by atoms with E-state index in [-0.39, 0.29) is 6.04 Å². The molecule has 19 heavy (non-hydrogen) atoms. The SMILES string of the molecule is CC(C)c1ccc(C(N)Cc2cccc(Br)c2)cc1. The second-order valence-electron chi connectivity index (χ2n) is 5.26. The molecular weight excluding hydrogens is 298 g/mol. The second kappa shape index (κ2) is 6.36. The second-order valence-corrected chi connectivity index (χ2v) is 6.18. The molecule has 0 amide bonds. The van der Waals surface area contributed by atoms with Gasteiger partial charge in [-0.1, -0.05) is 66.2 Å². The Balaban J connectivity index is 2.09. The molecule has 0 aliphatic heterocycles. The van der Waals surface area contributed by atoms with E-state index in [9.17, 15) is 0 Å². The predicted octanol–water partition coefficient (Wildman–Crippen LogP) is 4.82. The van der Waals surface area contributed by atoms with Gasteiger partial charge in [-0.25, -0.2) is 0 Å². The zero-order valence-corrected chi connectivity index (χ0v) is 13.0. The first-order chi connectivity index (χ1) is 9.06. The molecule has 1 atom stereocenters. The molecule has 0 radical (unpaired) electrons. The summed E-state index contributed by atoms with van der Waals surface area (Å²) in [5.74, 6) is 0.565. The molecule has 0 aromatic heterocycles. The summed E-state index contributed by atoms with van der Waals surface area (Å²) in [4.78, 5) is 0. The molecule has 0 heterocycles. The van der Waals surface area contributed by atoms with Crippen LogP contribution in [0.3, 0.4) is 0 Å². The highest BCUT2D eigenvalue weighted by atomic mass is 79.9. The minimum atomic E-state index is 0.0514. The maximum absolute atomic E-state index is 6.29. The highest BCUT2D eigenvalue weighted by molar-refractivity contribution is 9.10. The van der Waals surface area contributed by atoms with Crippen LogP contribution in [0.5, 0.6) is 0 Å². The summed E-state index contributed by atoms with van der Waals surface area (Å²) in [6.07, 6.45) is 0.862. The summed E-state index contributed by atoms with van der Waals surface area (Å²) < 4.78 is 1.10. The molecule has 0 aliphatic carbocycles. The lowest BCUT2D eigenvalue weighted by Crippen LogP contribution is -2.13. The van der Waals surface area contributed by atoms with Crippen LogP contribution in [-0.4, -0.2) is 0 Å². The zero-order chi connectivity index (χ0) is 13.8. The quantitative estimate of drug-likeness (QED) is 0.860. The van der Waals surface area contributed by atoms with Gasteiger partial charge in [0.2, 0.25) is 0 Å². The third kappa shape index (κ3) is 3.92. The molecule has 0 bridgehead atoms. The van der Waals surface area contributed by atoms with Gasteiger partial charge in [0.25, 0.3) is 0 Å². The molecule has 100 valence electrons. The van der Waals surface area contributed by atoms with Crippen molar-refractivity contribution in [1.29, 1.82) is 0 Å². The van der Waals surface area contributed by atoms with Crippen LogP contribution in [-0.2, 0) is 6.42 Å². The Morgan fingerprint density at radius 3 is 2.21 bits per heavy atom. The fourth-order valence-corrected chi connectivity index (χ4v) is 2.61. The standard InChI is InChI=1S/C17H20BrN/c1-12(2)14-6-8-15(9-7-14)17(19)11-13-4-3-5-16(18)10-13/h3-10,12,17H,11,19H2,1-2H3. The van der Waals surface area contributed by atoms with Gasteiger partial charge in [-0.05, 0) is 41.2 Å². The van der Waals surface area contributed by atoms with E-state index in [2.05, 4.69) is 66.2 Å². The molecule has 0 aliphatic rings. The van der Waals surface area contributed by atoms with Crippen molar-refractivity contribution in [3.8, 4) is 0 Å². The fraction of sp³-hybridized carbons (Fsp3) is 0.294. The molecule has 1 nitrogen and oxygen atoms in total. The van der Waals surface area contributed by atoms with Gasteiger partial charge in [0.1, 0.15) is 0 Å². The van der Waals surface area contributed by atoms with Crippen molar-refractivity contribution in [3.05, 3.63) is 69.7 Å². The fourth-order valence-electron chi connectivity index (χ4n) is 2.16.